The van der Waals surface area contributed by atoms with Crippen molar-refractivity contribution in [3.63, 3.8) is 0 Å². The van der Waals surface area contributed by atoms with Gasteiger partial charge in [0.25, 0.3) is 0 Å². The summed E-state index contributed by atoms with van der Waals surface area (Å²) in [5.74, 6) is -2.00. The molecule has 1 aromatic heterocycles. The average molecular weight is 280 g/mol. The number of hydrogen-bond donors (Lipinski definition) is 2. The maximum Gasteiger partial charge on any atom is 0.222 e. The lowest BCUT2D eigenvalue weighted by atomic mass is 10.3. The number of nitrogen functional groups attached to an aromatic ring is 1. The predicted octanol–water partition coefficient (Wildman–Crippen LogP) is 1.57. The van der Waals surface area contributed by atoms with E-state index in [1.807, 2.05) is 0 Å². The van der Waals surface area contributed by atoms with Gasteiger partial charge in [-0.25, -0.2) is 13.8 Å². The fourth-order valence-electron chi connectivity index (χ4n) is 2.14. The Hall–Kier alpha value is -2.18. The van der Waals surface area contributed by atoms with Crippen LogP contribution < -0.4 is 11.1 Å². The van der Waals surface area contributed by atoms with Crippen LogP contribution in [0.15, 0.2) is 12.1 Å². The number of hydrogen-bond acceptors (Lipinski definition) is 3. The van der Waals surface area contributed by atoms with Crippen molar-refractivity contribution in [2.75, 3.05) is 5.73 Å². The van der Waals surface area contributed by atoms with Crippen LogP contribution in [-0.4, -0.2) is 21.5 Å². The molecule has 0 spiro atoms. The molecule has 0 radical (unpaired) electrons. The first-order valence-corrected chi connectivity index (χ1v) is 6.45. The summed E-state index contributed by atoms with van der Waals surface area (Å²) in [6, 6.07) is 2.65. The number of benzene rings is 1. The molecule has 7 heteroatoms. The second-order valence-corrected chi connectivity index (χ2v) is 4.94. The highest BCUT2D eigenvalue weighted by Crippen LogP contribution is 2.23. The summed E-state index contributed by atoms with van der Waals surface area (Å²) in [5.41, 5.74) is 5.99. The van der Waals surface area contributed by atoms with Crippen molar-refractivity contribution in [3.8, 4) is 0 Å². The van der Waals surface area contributed by atoms with E-state index in [2.05, 4.69) is 10.3 Å². The summed E-state index contributed by atoms with van der Waals surface area (Å²) in [6.45, 7) is 0.168. The monoisotopic (exact) mass is 280 g/mol. The highest BCUT2D eigenvalue weighted by Gasteiger charge is 2.23. The zero-order chi connectivity index (χ0) is 14.3. The molecule has 1 fully saturated rings. The number of imidazole rings is 1. The fourth-order valence-corrected chi connectivity index (χ4v) is 2.14. The lowest BCUT2D eigenvalue weighted by Crippen LogP contribution is -2.26. The van der Waals surface area contributed by atoms with Gasteiger partial charge in [-0.1, -0.05) is 0 Å². The van der Waals surface area contributed by atoms with Crippen LogP contribution >= 0.6 is 0 Å². The third kappa shape index (κ3) is 2.31. The molecule has 3 N–H and O–H groups in total. The summed E-state index contributed by atoms with van der Waals surface area (Å²) in [5, 5.41) is 2.83. The van der Waals surface area contributed by atoms with Gasteiger partial charge < -0.3 is 15.6 Å². The zero-order valence-corrected chi connectivity index (χ0v) is 10.7. The van der Waals surface area contributed by atoms with Gasteiger partial charge in [0.05, 0.1) is 5.52 Å². The molecule has 106 valence electrons. The molecule has 0 saturated heterocycles. The summed E-state index contributed by atoms with van der Waals surface area (Å²) in [4.78, 5) is 15.6. The number of carbonyl (C=O) groups excluding carboxylic acids is 1. The first-order chi connectivity index (χ1) is 9.56. The Kier molecular flexibility index (Phi) is 3.04. The van der Waals surface area contributed by atoms with Crippen LogP contribution in [0.5, 0.6) is 0 Å². The Bertz CT molecular complexity index is 679. The molecule has 1 aliphatic carbocycles. The van der Waals surface area contributed by atoms with Gasteiger partial charge in [-0.15, -0.1) is 0 Å². The minimum atomic E-state index is -0.991. The zero-order valence-electron chi connectivity index (χ0n) is 10.7. The Morgan fingerprint density at radius 2 is 2.20 bits per heavy atom. The molecule has 1 heterocycles. The lowest BCUT2D eigenvalue weighted by Gasteiger charge is -2.07. The van der Waals surface area contributed by atoms with E-state index >= 15 is 0 Å². The minimum Gasteiger partial charge on any atom is -0.369 e. The number of carbonyl (C=O) groups is 1. The van der Waals surface area contributed by atoms with E-state index < -0.39 is 11.6 Å². The number of aryl methyl sites for hydroxylation is 1. The van der Waals surface area contributed by atoms with Crippen molar-refractivity contribution in [2.24, 2.45) is 0 Å². The fraction of sp³-hybridized carbons (Fsp3) is 0.385. The van der Waals surface area contributed by atoms with Crippen LogP contribution in [0.4, 0.5) is 14.7 Å². The Labute approximate surface area is 113 Å². The van der Waals surface area contributed by atoms with E-state index in [0.29, 0.717) is 0 Å². The van der Waals surface area contributed by atoms with E-state index in [9.17, 15) is 13.6 Å². The summed E-state index contributed by atoms with van der Waals surface area (Å²) < 4.78 is 28.4. The maximum atomic E-state index is 13.8. The third-order valence-corrected chi connectivity index (χ3v) is 3.33. The van der Waals surface area contributed by atoms with Gasteiger partial charge in [0.1, 0.15) is 5.52 Å². The first kappa shape index (κ1) is 12.8. The number of nitrogens with zero attached hydrogens (tertiary/aromatic N) is 2. The normalized spacial score (nSPS) is 14.7. The molecule has 1 aliphatic rings. The van der Waals surface area contributed by atoms with Gasteiger partial charge >= 0.3 is 0 Å². The largest absolute Gasteiger partial charge is 0.369 e. The Morgan fingerprint density at radius 3 is 2.90 bits per heavy atom. The summed E-state index contributed by atoms with van der Waals surface area (Å²) in [6.07, 6.45) is 2.16. The molecule has 0 atom stereocenters. The quantitative estimate of drug-likeness (QED) is 0.892. The average Bonchev–Trinajstić information content (AvgIpc) is 3.14. The molecule has 20 heavy (non-hydrogen) atoms. The molecule has 5 nitrogen and oxygen atoms in total. The predicted molar refractivity (Wildman–Crippen MR) is 69.8 cm³/mol. The van der Waals surface area contributed by atoms with Crippen molar-refractivity contribution in [1.29, 1.82) is 0 Å². The van der Waals surface area contributed by atoms with Crippen molar-refractivity contribution in [3.05, 3.63) is 23.8 Å². The van der Waals surface area contributed by atoms with Gasteiger partial charge in [-0.3, -0.25) is 4.79 Å². The SMILES string of the molecule is Nc1nc2ccc(F)c(F)c2n1CCC(=O)NC1CC1. The van der Waals surface area contributed by atoms with E-state index in [4.69, 9.17) is 5.73 Å². The number of rotatable bonds is 4. The van der Waals surface area contributed by atoms with Gasteiger partial charge in [-0.05, 0) is 25.0 Å². The lowest BCUT2D eigenvalue weighted by molar-refractivity contribution is -0.121. The maximum absolute atomic E-state index is 13.8. The van der Waals surface area contributed by atoms with Crippen LogP contribution in [0.1, 0.15) is 19.3 Å². The number of nitrogens with two attached hydrogens (primary N) is 1. The molecule has 2 aromatic rings. The van der Waals surface area contributed by atoms with Crippen molar-refractivity contribution >= 4 is 22.9 Å². The molecule has 0 bridgehead atoms. The topological polar surface area (TPSA) is 72.9 Å². The Morgan fingerprint density at radius 1 is 1.45 bits per heavy atom. The Balaban J connectivity index is 1.84. The number of aromatic nitrogens is 2. The molecule has 0 aliphatic heterocycles. The van der Waals surface area contributed by atoms with Crippen LogP contribution in [-0.2, 0) is 11.3 Å². The second kappa shape index (κ2) is 4.73. The summed E-state index contributed by atoms with van der Waals surface area (Å²) >= 11 is 0. The number of halogens is 2. The van der Waals surface area contributed by atoms with E-state index in [-0.39, 0.29) is 41.9 Å². The highest BCUT2D eigenvalue weighted by molar-refractivity contribution is 5.80. The van der Waals surface area contributed by atoms with Crippen molar-refractivity contribution in [1.82, 2.24) is 14.9 Å². The smallest absolute Gasteiger partial charge is 0.222 e. The van der Waals surface area contributed by atoms with Crippen molar-refractivity contribution < 1.29 is 13.6 Å². The van der Waals surface area contributed by atoms with Crippen LogP contribution in [0.25, 0.3) is 11.0 Å². The van der Waals surface area contributed by atoms with Gasteiger partial charge in [0.2, 0.25) is 11.9 Å². The second-order valence-electron chi connectivity index (χ2n) is 4.94. The first-order valence-electron chi connectivity index (χ1n) is 6.45. The minimum absolute atomic E-state index is 0.00159. The van der Waals surface area contributed by atoms with E-state index in [1.54, 1.807) is 0 Å². The molecule has 3 rings (SSSR count). The van der Waals surface area contributed by atoms with E-state index in [1.165, 1.54) is 10.6 Å². The van der Waals surface area contributed by atoms with E-state index in [0.717, 1.165) is 18.9 Å². The molecule has 1 amide bonds. The van der Waals surface area contributed by atoms with Crippen LogP contribution in [0.3, 0.4) is 0 Å². The molecular formula is C13H14F2N4O. The third-order valence-electron chi connectivity index (χ3n) is 3.33. The molecular weight excluding hydrogens is 266 g/mol. The number of amides is 1. The van der Waals surface area contributed by atoms with Gasteiger partial charge in [0, 0.05) is 19.0 Å². The number of nitrogens with one attached hydrogen (secondary N) is 1. The number of fused-ring (bicyclic) bond motifs is 1. The molecule has 1 saturated carbocycles. The molecule has 1 aromatic carbocycles. The van der Waals surface area contributed by atoms with Crippen LogP contribution in [0, 0.1) is 11.6 Å². The van der Waals surface area contributed by atoms with Gasteiger partial charge in [0.15, 0.2) is 11.6 Å². The van der Waals surface area contributed by atoms with Crippen LogP contribution in [0.2, 0.25) is 0 Å². The number of anilines is 1. The highest BCUT2D eigenvalue weighted by atomic mass is 19.2. The molecule has 0 unspecified atom stereocenters. The van der Waals surface area contributed by atoms with Crippen molar-refractivity contribution in [2.45, 2.75) is 31.8 Å². The van der Waals surface area contributed by atoms with Gasteiger partial charge in [-0.2, -0.15) is 0 Å². The standard InChI is InChI=1S/C13H14F2N4O/c14-8-3-4-9-12(11(8)15)19(13(16)18-9)6-5-10(20)17-7-1-2-7/h3-4,7H,1-2,5-6H2,(H2,16,18)(H,17,20). The summed E-state index contributed by atoms with van der Waals surface area (Å²) in [7, 11) is 0.